The first-order valence-corrected chi connectivity index (χ1v) is 9.73. The number of phenols is 1. The summed E-state index contributed by atoms with van der Waals surface area (Å²) in [5.74, 6) is -0.781. The lowest BCUT2D eigenvalue weighted by Crippen LogP contribution is -2.12. The molecule has 2 aromatic carbocycles. The molecule has 0 saturated heterocycles. The minimum absolute atomic E-state index is 0.00906. The Kier molecular flexibility index (Phi) is 6.11. The van der Waals surface area contributed by atoms with Crippen molar-refractivity contribution < 1.29 is 19.7 Å². The van der Waals surface area contributed by atoms with E-state index in [2.05, 4.69) is 4.99 Å². The fourth-order valence-electron chi connectivity index (χ4n) is 2.59. The van der Waals surface area contributed by atoms with Gasteiger partial charge in [0.05, 0.1) is 17.2 Å². The molecule has 28 heavy (non-hydrogen) atoms. The van der Waals surface area contributed by atoms with Crippen molar-refractivity contribution in [3.63, 3.8) is 0 Å². The molecule has 0 aromatic heterocycles. The quantitative estimate of drug-likeness (QED) is 0.640. The lowest BCUT2D eigenvalue weighted by atomic mass is 10.1. The fraction of sp³-hybridized carbons (Fsp3) is 0.143. The number of aliphatic imine (C=N–C) groups is 1. The molecule has 7 heteroatoms. The molecule has 0 fully saturated rings. The van der Waals surface area contributed by atoms with Gasteiger partial charge < -0.3 is 14.9 Å². The molecule has 5 nitrogen and oxygen atoms in total. The smallest absolute Gasteiger partial charge is 0.344 e. The van der Waals surface area contributed by atoms with Gasteiger partial charge in [0, 0.05) is 10.6 Å². The van der Waals surface area contributed by atoms with Gasteiger partial charge in [0.25, 0.3) is 0 Å². The van der Waals surface area contributed by atoms with Crippen molar-refractivity contribution >= 4 is 46.1 Å². The number of hydrogen-bond acceptors (Lipinski definition) is 6. The fourth-order valence-corrected chi connectivity index (χ4v) is 3.80. The second-order valence-corrected chi connectivity index (χ2v) is 7.43. The summed E-state index contributed by atoms with van der Waals surface area (Å²) < 4.78 is 5.08. The van der Waals surface area contributed by atoms with Crippen molar-refractivity contribution in [2.45, 2.75) is 13.8 Å². The maximum absolute atomic E-state index is 12.4. The van der Waals surface area contributed by atoms with Gasteiger partial charge in [0.15, 0.2) is 0 Å². The molecule has 0 atom stereocenters. The van der Waals surface area contributed by atoms with Gasteiger partial charge in [-0.3, -0.25) is 0 Å². The Hall–Kier alpha value is -2.70. The van der Waals surface area contributed by atoms with Gasteiger partial charge in [-0.25, -0.2) is 9.79 Å². The molecule has 2 aromatic rings. The number of phenolic OH excluding ortho intramolecular Hbond substituents is 1. The number of hydrogen-bond donors (Lipinski definition) is 2. The van der Waals surface area contributed by atoms with Crippen LogP contribution in [0.2, 0.25) is 5.02 Å². The summed E-state index contributed by atoms with van der Waals surface area (Å²) in [5, 5.41) is 21.7. The predicted octanol–water partition coefficient (Wildman–Crippen LogP) is 5.55. The van der Waals surface area contributed by atoms with E-state index in [4.69, 9.17) is 16.3 Å². The first-order valence-electron chi connectivity index (χ1n) is 8.54. The highest BCUT2D eigenvalue weighted by Gasteiger charge is 2.33. The van der Waals surface area contributed by atoms with Gasteiger partial charge in [-0.15, -0.1) is 0 Å². The second-order valence-electron chi connectivity index (χ2n) is 5.96. The molecule has 144 valence electrons. The highest BCUT2D eigenvalue weighted by atomic mass is 35.5. The van der Waals surface area contributed by atoms with Crippen LogP contribution in [0.15, 0.2) is 63.7 Å². The number of para-hydroxylation sites is 1. The van der Waals surface area contributed by atoms with Crippen LogP contribution in [0.3, 0.4) is 0 Å². The van der Waals surface area contributed by atoms with E-state index in [1.807, 2.05) is 0 Å². The molecular formula is C21H18ClNO4S. The average Bonchev–Trinajstić information content (AvgIpc) is 2.94. The number of carbonyl (C=O) groups is 1. The summed E-state index contributed by atoms with van der Waals surface area (Å²) in [6.07, 6.45) is 1.61. The summed E-state index contributed by atoms with van der Waals surface area (Å²) in [7, 11) is 0. The van der Waals surface area contributed by atoms with Crippen LogP contribution >= 0.6 is 23.4 Å². The number of halogens is 1. The molecule has 0 saturated carbocycles. The molecule has 2 N–H and O–H groups in total. The highest BCUT2D eigenvalue weighted by Crippen LogP contribution is 2.41. The molecule has 0 amide bonds. The van der Waals surface area contributed by atoms with Crippen molar-refractivity contribution in [3.05, 3.63) is 74.9 Å². The summed E-state index contributed by atoms with van der Waals surface area (Å²) in [4.78, 5) is 17.3. The molecular weight excluding hydrogens is 398 g/mol. The number of thioether (sulfide) groups is 1. The van der Waals surface area contributed by atoms with Gasteiger partial charge in [0.1, 0.15) is 22.1 Å². The standard InChI is InChI=1S/C21H18ClNO4S/c1-3-27-21(26)17-19(25)16(10-13-7-4-6-12(2)18(13)24)28-20(17)23-15-9-5-8-14(22)11-15/h4-11,24-25H,3H2,1-2H3/b16-10+,23-20?. The Balaban J connectivity index is 2.08. The molecule has 0 unspecified atom stereocenters. The minimum atomic E-state index is -0.662. The number of aromatic hydroxyl groups is 1. The van der Waals surface area contributed by atoms with Crippen molar-refractivity contribution in [3.8, 4) is 5.75 Å². The van der Waals surface area contributed by atoms with E-state index in [0.29, 0.717) is 31.8 Å². The summed E-state index contributed by atoms with van der Waals surface area (Å²) >= 11 is 7.13. The molecule has 3 rings (SSSR count). The van der Waals surface area contributed by atoms with Crippen LogP contribution < -0.4 is 0 Å². The van der Waals surface area contributed by atoms with Crippen LogP contribution in [0.1, 0.15) is 18.1 Å². The van der Waals surface area contributed by atoms with Crippen LogP contribution in [-0.4, -0.2) is 27.8 Å². The van der Waals surface area contributed by atoms with Gasteiger partial charge in [0.2, 0.25) is 0 Å². The number of carbonyl (C=O) groups excluding carboxylic acids is 1. The third kappa shape index (κ3) is 4.24. The molecule has 0 spiro atoms. The molecule has 0 radical (unpaired) electrons. The predicted molar refractivity (Wildman–Crippen MR) is 113 cm³/mol. The zero-order chi connectivity index (χ0) is 20.3. The number of esters is 1. The van der Waals surface area contributed by atoms with Crippen molar-refractivity contribution in [2.24, 2.45) is 4.99 Å². The number of aliphatic hydroxyl groups excluding tert-OH is 1. The van der Waals surface area contributed by atoms with Gasteiger partial charge >= 0.3 is 5.97 Å². The van der Waals surface area contributed by atoms with E-state index in [0.717, 1.165) is 11.8 Å². The van der Waals surface area contributed by atoms with Crippen LogP contribution in [0, 0.1) is 6.92 Å². The Morgan fingerprint density at radius 2 is 2.00 bits per heavy atom. The van der Waals surface area contributed by atoms with Crippen molar-refractivity contribution in [2.75, 3.05) is 6.61 Å². The van der Waals surface area contributed by atoms with E-state index in [9.17, 15) is 15.0 Å². The zero-order valence-corrected chi connectivity index (χ0v) is 16.8. The van der Waals surface area contributed by atoms with E-state index in [1.54, 1.807) is 62.4 Å². The summed E-state index contributed by atoms with van der Waals surface area (Å²) in [5.41, 5.74) is 1.77. The Labute approximate surface area is 172 Å². The third-order valence-electron chi connectivity index (χ3n) is 3.96. The van der Waals surface area contributed by atoms with Gasteiger partial charge in [-0.1, -0.05) is 47.6 Å². The maximum atomic E-state index is 12.4. The topological polar surface area (TPSA) is 79.1 Å². The maximum Gasteiger partial charge on any atom is 0.344 e. The molecule has 1 aliphatic heterocycles. The van der Waals surface area contributed by atoms with Crippen molar-refractivity contribution in [1.82, 2.24) is 0 Å². The number of aryl methyl sites for hydroxylation is 1. The number of ether oxygens (including phenoxy) is 1. The van der Waals surface area contributed by atoms with Crippen LogP contribution in [0.25, 0.3) is 6.08 Å². The molecule has 0 aliphatic carbocycles. The van der Waals surface area contributed by atoms with E-state index >= 15 is 0 Å². The minimum Gasteiger partial charge on any atom is -0.507 e. The first-order chi connectivity index (χ1) is 13.4. The Bertz CT molecular complexity index is 1030. The average molecular weight is 416 g/mol. The normalized spacial score (nSPS) is 16.8. The zero-order valence-electron chi connectivity index (χ0n) is 15.3. The Morgan fingerprint density at radius 1 is 1.25 bits per heavy atom. The number of benzene rings is 2. The number of aliphatic hydroxyl groups is 1. The SMILES string of the molecule is CCOC(=O)C1=C(O)/C(=C\c2cccc(C)c2O)SC1=Nc1cccc(Cl)c1. The highest BCUT2D eigenvalue weighted by molar-refractivity contribution is 8.18. The molecule has 0 bridgehead atoms. The monoisotopic (exact) mass is 415 g/mol. The second kappa shape index (κ2) is 8.54. The van der Waals surface area contributed by atoms with E-state index in [1.165, 1.54) is 0 Å². The molecule has 1 heterocycles. The van der Waals surface area contributed by atoms with Crippen LogP contribution in [-0.2, 0) is 9.53 Å². The lowest BCUT2D eigenvalue weighted by Gasteiger charge is -2.04. The number of rotatable bonds is 4. The lowest BCUT2D eigenvalue weighted by molar-refractivity contribution is -0.138. The third-order valence-corrected chi connectivity index (χ3v) is 5.22. The van der Waals surface area contributed by atoms with E-state index in [-0.39, 0.29) is 23.7 Å². The first kappa shape index (κ1) is 20.0. The van der Waals surface area contributed by atoms with Gasteiger partial charge in [-0.2, -0.15) is 0 Å². The summed E-state index contributed by atoms with van der Waals surface area (Å²) in [6.45, 7) is 3.64. The van der Waals surface area contributed by atoms with Crippen LogP contribution in [0.5, 0.6) is 5.75 Å². The molecule has 1 aliphatic rings. The van der Waals surface area contributed by atoms with E-state index < -0.39 is 5.97 Å². The van der Waals surface area contributed by atoms with Gasteiger partial charge in [-0.05, 0) is 43.7 Å². The van der Waals surface area contributed by atoms with Crippen molar-refractivity contribution in [1.29, 1.82) is 0 Å². The summed E-state index contributed by atoms with van der Waals surface area (Å²) in [6, 6.07) is 12.2. The number of nitrogens with zero attached hydrogens (tertiary/aromatic N) is 1. The largest absolute Gasteiger partial charge is 0.507 e. The Morgan fingerprint density at radius 3 is 2.71 bits per heavy atom. The van der Waals surface area contributed by atoms with Crippen LogP contribution in [0.4, 0.5) is 5.69 Å².